The largest absolute Gasteiger partial charge is 0.483 e. The monoisotopic (exact) mass is 331 g/mol. The average molecular weight is 332 g/mol. The Balaban J connectivity index is 1.85. The molecule has 4 nitrogen and oxygen atoms in total. The van der Waals surface area contributed by atoms with Crippen molar-refractivity contribution >= 4 is 21.8 Å². The SMILES string of the molecule is CCC1(O)CN(C(=O)COc2ccc(F)cc2Br)C1. The number of hydrogen-bond donors (Lipinski definition) is 1. The second-order valence-electron chi connectivity index (χ2n) is 4.69. The normalized spacial score (nSPS) is 16.9. The molecule has 0 atom stereocenters. The van der Waals surface area contributed by atoms with E-state index >= 15 is 0 Å². The van der Waals surface area contributed by atoms with Crippen LogP contribution in [0.15, 0.2) is 22.7 Å². The predicted molar refractivity (Wildman–Crippen MR) is 71.4 cm³/mol. The Morgan fingerprint density at radius 2 is 2.26 bits per heavy atom. The Morgan fingerprint density at radius 1 is 1.58 bits per heavy atom. The van der Waals surface area contributed by atoms with Crippen LogP contribution in [-0.4, -0.2) is 41.2 Å². The van der Waals surface area contributed by atoms with Crippen molar-refractivity contribution in [2.45, 2.75) is 18.9 Å². The lowest BCUT2D eigenvalue weighted by Crippen LogP contribution is -2.63. The molecular weight excluding hydrogens is 317 g/mol. The zero-order valence-corrected chi connectivity index (χ0v) is 12.1. The molecule has 2 rings (SSSR count). The average Bonchev–Trinajstić information content (AvgIpc) is 2.33. The molecule has 6 heteroatoms. The molecule has 1 aliphatic rings. The molecule has 1 aromatic carbocycles. The van der Waals surface area contributed by atoms with Crippen molar-refractivity contribution in [1.29, 1.82) is 0 Å². The van der Waals surface area contributed by atoms with Crippen LogP contribution in [0.1, 0.15) is 13.3 Å². The van der Waals surface area contributed by atoms with Gasteiger partial charge in [-0.15, -0.1) is 0 Å². The highest BCUT2D eigenvalue weighted by molar-refractivity contribution is 9.10. The van der Waals surface area contributed by atoms with Gasteiger partial charge in [-0.25, -0.2) is 4.39 Å². The molecule has 0 aromatic heterocycles. The second kappa shape index (κ2) is 5.46. The summed E-state index contributed by atoms with van der Waals surface area (Å²) in [4.78, 5) is 13.3. The standard InChI is InChI=1S/C13H15BrFNO3/c1-2-13(18)7-16(8-13)12(17)6-19-11-4-3-9(15)5-10(11)14/h3-5,18H,2,6-8H2,1H3. The van der Waals surface area contributed by atoms with Crippen LogP contribution in [0.5, 0.6) is 5.75 Å². The van der Waals surface area contributed by atoms with E-state index in [1.165, 1.54) is 18.2 Å². The maximum atomic E-state index is 12.9. The van der Waals surface area contributed by atoms with Crippen molar-refractivity contribution in [2.75, 3.05) is 19.7 Å². The van der Waals surface area contributed by atoms with Gasteiger partial charge in [-0.2, -0.15) is 0 Å². The highest BCUT2D eigenvalue weighted by atomic mass is 79.9. The van der Waals surface area contributed by atoms with Crippen molar-refractivity contribution in [2.24, 2.45) is 0 Å². The number of carbonyl (C=O) groups is 1. The summed E-state index contributed by atoms with van der Waals surface area (Å²) in [5.74, 6) is -0.142. The summed E-state index contributed by atoms with van der Waals surface area (Å²) in [5.41, 5.74) is -0.744. The molecule has 104 valence electrons. The minimum absolute atomic E-state index is 0.121. The summed E-state index contributed by atoms with van der Waals surface area (Å²) < 4.78 is 18.7. The lowest BCUT2D eigenvalue weighted by atomic mass is 9.91. The van der Waals surface area contributed by atoms with E-state index in [-0.39, 0.29) is 18.3 Å². The molecule has 1 saturated heterocycles. The Hall–Kier alpha value is -1.14. The third-order valence-corrected chi connectivity index (χ3v) is 3.85. The number of β-amino-alcohol motifs (C(OH)–C–C–N with tert-alkyl or cyclic N) is 1. The van der Waals surface area contributed by atoms with Crippen LogP contribution >= 0.6 is 15.9 Å². The first kappa shape index (κ1) is 14.3. The minimum atomic E-state index is -0.744. The summed E-state index contributed by atoms with van der Waals surface area (Å²) in [6, 6.07) is 4.01. The first-order valence-electron chi connectivity index (χ1n) is 6.01. The number of carbonyl (C=O) groups excluding carboxylic acids is 1. The van der Waals surface area contributed by atoms with Crippen molar-refractivity contribution in [1.82, 2.24) is 4.90 Å². The molecular formula is C13H15BrFNO3. The zero-order valence-electron chi connectivity index (χ0n) is 10.5. The quantitative estimate of drug-likeness (QED) is 0.917. The van der Waals surface area contributed by atoms with Crippen molar-refractivity contribution in [3.05, 3.63) is 28.5 Å². The number of likely N-dealkylation sites (tertiary alicyclic amines) is 1. The molecule has 1 fully saturated rings. The fourth-order valence-electron chi connectivity index (χ4n) is 1.89. The number of nitrogens with zero attached hydrogens (tertiary/aromatic N) is 1. The van der Waals surface area contributed by atoms with E-state index in [0.717, 1.165) is 0 Å². The van der Waals surface area contributed by atoms with E-state index in [9.17, 15) is 14.3 Å². The summed E-state index contributed by atoms with van der Waals surface area (Å²) >= 11 is 3.16. The van der Waals surface area contributed by atoms with Gasteiger partial charge in [0, 0.05) is 0 Å². The van der Waals surface area contributed by atoms with E-state index in [2.05, 4.69) is 15.9 Å². The van der Waals surface area contributed by atoms with Crippen molar-refractivity contribution < 1.29 is 19.0 Å². The van der Waals surface area contributed by atoms with Crippen LogP contribution < -0.4 is 4.74 Å². The summed E-state index contributed by atoms with van der Waals surface area (Å²) in [6.07, 6.45) is 0.626. The molecule has 1 aromatic rings. The van der Waals surface area contributed by atoms with E-state index in [1.807, 2.05) is 6.92 Å². The maximum absolute atomic E-state index is 12.9. The lowest BCUT2D eigenvalue weighted by Gasteiger charge is -2.45. The lowest BCUT2D eigenvalue weighted by molar-refractivity contribution is -0.157. The van der Waals surface area contributed by atoms with E-state index < -0.39 is 5.60 Å². The third-order valence-electron chi connectivity index (χ3n) is 3.23. The number of amides is 1. The molecule has 0 aliphatic carbocycles. The number of rotatable bonds is 4. The third kappa shape index (κ3) is 3.25. The maximum Gasteiger partial charge on any atom is 0.260 e. The smallest absolute Gasteiger partial charge is 0.260 e. The van der Waals surface area contributed by atoms with Crippen LogP contribution in [0, 0.1) is 5.82 Å². The highest BCUT2D eigenvalue weighted by Crippen LogP contribution is 2.27. The number of halogens is 2. The highest BCUT2D eigenvalue weighted by Gasteiger charge is 2.41. The van der Waals surface area contributed by atoms with Crippen molar-refractivity contribution in [3.63, 3.8) is 0 Å². The number of ether oxygens (including phenoxy) is 1. The molecule has 0 spiro atoms. The van der Waals surface area contributed by atoms with Gasteiger partial charge in [-0.3, -0.25) is 4.79 Å². The predicted octanol–water partition coefficient (Wildman–Crippen LogP) is 1.95. The van der Waals surface area contributed by atoms with Gasteiger partial charge in [-0.05, 0) is 40.5 Å². The van der Waals surface area contributed by atoms with E-state index in [1.54, 1.807) is 4.90 Å². The van der Waals surface area contributed by atoms with Crippen LogP contribution in [0.25, 0.3) is 0 Å². The second-order valence-corrected chi connectivity index (χ2v) is 5.55. The Labute approximate surface area is 119 Å². The van der Waals surface area contributed by atoms with Gasteiger partial charge < -0.3 is 14.7 Å². The van der Waals surface area contributed by atoms with Crippen LogP contribution in [0.4, 0.5) is 4.39 Å². The number of aliphatic hydroxyl groups is 1. The zero-order chi connectivity index (χ0) is 14.0. The molecule has 0 bridgehead atoms. The molecule has 1 heterocycles. The summed E-state index contributed by atoms with van der Waals surface area (Å²) in [7, 11) is 0. The summed E-state index contributed by atoms with van der Waals surface area (Å²) in [5, 5.41) is 9.81. The molecule has 19 heavy (non-hydrogen) atoms. The van der Waals surface area contributed by atoms with Crippen LogP contribution in [-0.2, 0) is 4.79 Å². The van der Waals surface area contributed by atoms with Crippen LogP contribution in [0.2, 0.25) is 0 Å². The molecule has 0 saturated carbocycles. The fourth-order valence-corrected chi connectivity index (χ4v) is 2.35. The Bertz CT molecular complexity index is 489. The first-order chi connectivity index (χ1) is 8.93. The fraction of sp³-hybridized carbons (Fsp3) is 0.462. The molecule has 1 N–H and O–H groups in total. The van der Waals surface area contributed by atoms with E-state index in [0.29, 0.717) is 29.7 Å². The van der Waals surface area contributed by atoms with Gasteiger partial charge in [0.05, 0.1) is 23.2 Å². The minimum Gasteiger partial charge on any atom is -0.483 e. The van der Waals surface area contributed by atoms with Gasteiger partial charge in [0.2, 0.25) is 0 Å². The first-order valence-corrected chi connectivity index (χ1v) is 6.81. The van der Waals surface area contributed by atoms with Crippen LogP contribution in [0.3, 0.4) is 0 Å². The molecule has 0 unspecified atom stereocenters. The number of benzene rings is 1. The van der Waals surface area contributed by atoms with Gasteiger partial charge in [-0.1, -0.05) is 6.92 Å². The van der Waals surface area contributed by atoms with Crippen molar-refractivity contribution in [3.8, 4) is 5.75 Å². The van der Waals surface area contributed by atoms with Gasteiger partial charge >= 0.3 is 0 Å². The molecule has 1 aliphatic heterocycles. The van der Waals surface area contributed by atoms with Gasteiger partial charge in [0.15, 0.2) is 6.61 Å². The molecule has 1 amide bonds. The van der Waals surface area contributed by atoms with Gasteiger partial charge in [0.25, 0.3) is 5.91 Å². The van der Waals surface area contributed by atoms with E-state index in [4.69, 9.17) is 4.74 Å². The Kier molecular flexibility index (Phi) is 4.10. The van der Waals surface area contributed by atoms with Gasteiger partial charge in [0.1, 0.15) is 11.6 Å². The molecule has 0 radical (unpaired) electrons. The Morgan fingerprint density at radius 3 is 2.84 bits per heavy atom. The topological polar surface area (TPSA) is 49.8 Å². The summed E-state index contributed by atoms with van der Waals surface area (Å²) in [6.45, 7) is 2.45. The number of hydrogen-bond acceptors (Lipinski definition) is 3.